The van der Waals surface area contributed by atoms with Crippen LogP contribution in [-0.2, 0) is 34.1 Å². The molecule has 0 spiro atoms. The monoisotopic (exact) mass is 879 g/mol. The molecule has 57 heavy (non-hydrogen) atoms. The topological polar surface area (TPSA) is 302 Å². The molecular formula is C32H42N9NaO11S4. The molecule has 3 heterocycles. The van der Waals surface area contributed by atoms with Crippen molar-refractivity contribution in [2.75, 3.05) is 30.3 Å². The number of hydrogen-bond acceptors (Lipinski definition) is 15. The van der Waals surface area contributed by atoms with Gasteiger partial charge >= 0.3 is 41.6 Å². The zero-order chi connectivity index (χ0) is 40.7. The molecule has 0 saturated carbocycles. The van der Waals surface area contributed by atoms with E-state index in [1.54, 1.807) is 0 Å². The zero-order valence-electron chi connectivity index (χ0n) is 31.0. The molecule has 0 aliphatic carbocycles. The number of aliphatic imine (C=N–C) groups is 1. The summed E-state index contributed by atoms with van der Waals surface area (Å²) in [5, 5.41) is 25.6. The third kappa shape index (κ3) is 15.5. The number of nitrogens with one attached hydrogen (secondary N) is 4. The molecule has 4 rings (SSSR count). The Morgan fingerprint density at radius 1 is 1.09 bits per heavy atom. The van der Waals surface area contributed by atoms with E-state index in [1.807, 2.05) is 11.8 Å². The summed E-state index contributed by atoms with van der Waals surface area (Å²) < 4.78 is 31.5. The van der Waals surface area contributed by atoms with Crippen LogP contribution >= 0.6 is 33.3 Å². The van der Waals surface area contributed by atoms with E-state index in [0.29, 0.717) is 42.4 Å². The van der Waals surface area contributed by atoms with Crippen LogP contribution in [0.25, 0.3) is 10.4 Å². The van der Waals surface area contributed by atoms with Crippen molar-refractivity contribution in [2.24, 2.45) is 10.1 Å². The number of fused-ring (bicyclic) bond motifs is 1. The van der Waals surface area contributed by atoms with Crippen molar-refractivity contribution in [3.05, 3.63) is 40.3 Å². The second-order valence-corrected chi connectivity index (χ2v) is 18.4. The maximum absolute atomic E-state index is 13.1. The fourth-order valence-corrected chi connectivity index (χ4v) is 10.0. The molecule has 0 aromatic heterocycles. The molecule has 3 saturated heterocycles. The number of unbranched alkanes of at least 4 members (excludes halogenated alkanes) is 2. The SMILES string of the molecule is [N-]=[N+]=Nc1ccc(C(=O)NC(CCCCN=C([O-])CCCCC2SCC3NC(=O)NC32)C(=O)NCCSSCCC(=O)ON2C(=O)CC(S(=O)(=O)O)C2=O)cc1.[Na+]. The molecule has 1 aromatic carbocycles. The Kier molecular flexibility index (Phi) is 20.3. The van der Waals surface area contributed by atoms with Gasteiger partial charge in [0.15, 0.2) is 5.25 Å². The molecule has 3 aliphatic heterocycles. The smallest absolute Gasteiger partial charge is 0.862 e. The Hall–Kier alpha value is -3.22. The number of amides is 6. The quantitative estimate of drug-likeness (QED) is 0.00734. The maximum atomic E-state index is 13.1. The van der Waals surface area contributed by atoms with E-state index in [1.165, 1.54) is 45.9 Å². The number of urea groups is 1. The largest absolute Gasteiger partial charge is 1.00 e. The van der Waals surface area contributed by atoms with Crippen molar-refractivity contribution in [1.29, 1.82) is 0 Å². The molecule has 6 amide bonds. The van der Waals surface area contributed by atoms with Crippen LogP contribution in [0.3, 0.4) is 0 Å². The van der Waals surface area contributed by atoms with E-state index < -0.39 is 57.4 Å². The van der Waals surface area contributed by atoms with Gasteiger partial charge in [0.25, 0.3) is 27.8 Å². The summed E-state index contributed by atoms with van der Waals surface area (Å²) in [7, 11) is -2.29. The summed E-state index contributed by atoms with van der Waals surface area (Å²) in [4.78, 5) is 85.2. The average Bonchev–Trinajstić information content (AvgIpc) is 3.80. The molecule has 20 nitrogen and oxygen atoms in total. The summed E-state index contributed by atoms with van der Waals surface area (Å²) in [5.41, 5.74) is 9.19. The summed E-state index contributed by atoms with van der Waals surface area (Å²) in [6.07, 6.45) is 2.98. The van der Waals surface area contributed by atoms with Crippen molar-refractivity contribution in [1.82, 2.24) is 26.3 Å². The molecule has 3 aliphatic rings. The number of rotatable bonds is 23. The van der Waals surface area contributed by atoms with Crippen LogP contribution in [0, 0.1) is 0 Å². The summed E-state index contributed by atoms with van der Waals surface area (Å²) in [6.45, 7) is 0.483. The Morgan fingerprint density at radius 2 is 1.82 bits per heavy atom. The summed E-state index contributed by atoms with van der Waals surface area (Å²) in [5.74, 6) is -3.04. The third-order valence-electron chi connectivity index (χ3n) is 8.74. The van der Waals surface area contributed by atoms with Gasteiger partial charge in [0.2, 0.25) is 5.91 Å². The number of carbonyl (C=O) groups is 6. The van der Waals surface area contributed by atoms with E-state index in [-0.39, 0.29) is 95.9 Å². The van der Waals surface area contributed by atoms with Crippen LogP contribution in [0.2, 0.25) is 0 Å². The number of thioether (sulfide) groups is 1. The standard InChI is InChI=1S/C32H43N9O11S4.Na/c33-40-39-20-10-8-19(9-11-20)29(45)36-21(5-3-4-13-34-25(42)7-2-1-6-23-28-22(18-53-23)37-32(48)38-28)30(46)35-14-16-55-54-15-12-27(44)52-41-26(43)17-24(31(41)47)56(49,50)51;/h8-11,21-24,28H,1-7,12-18H2,(H,34,42)(H,35,46)(H,36,45)(H2,37,38,48)(H,49,50,51);/q;+1/p-1. The van der Waals surface area contributed by atoms with Crippen LogP contribution in [-0.4, -0.2) is 119 Å². The van der Waals surface area contributed by atoms with Gasteiger partial charge in [-0.1, -0.05) is 45.3 Å². The Balaban J connectivity index is 0.00000870. The van der Waals surface area contributed by atoms with E-state index in [0.717, 1.165) is 18.6 Å². The molecule has 0 bridgehead atoms. The van der Waals surface area contributed by atoms with E-state index in [4.69, 9.17) is 10.1 Å². The molecule has 1 aromatic rings. The Morgan fingerprint density at radius 3 is 2.53 bits per heavy atom. The molecule has 5 atom stereocenters. The fraction of sp³-hybridized carbons (Fsp3) is 0.594. The molecule has 5 unspecified atom stereocenters. The van der Waals surface area contributed by atoms with Crippen molar-refractivity contribution < 1.29 is 81.2 Å². The van der Waals surface area contributed by atoms with Crippen LogP contribution < -0.4 is 55.9 Å². The minimum atomic E-state index is -4.83. The first-order chi connectivity index (χ1) is 26.8. The van der Waals surface area contributed by atoms with Crippen molar-refractivity contribution in [3.63, 3.8) is 0 Å². The Bertz CT molecular complexity index is 1800. The van der Waals surface area contributed by atoms with Gasteiger partial charge in [-0.3, -0.25) is 23.7 Å². The van der Waals surface area contributed by atoms with Crippen LogP contribution in [0.4, 0.5) is 10.5 Å². The minimum absolute atomic E-state index is 0. The van der Waals surface area contributed by atoms with E-state index >= 15 is 0 Å². The first kappa shape index (κ1) is 48.2. The predicted molar refractivity (Wildman–Crippen MR) is 207 cm³/mol. The van der Waals surface area contributed by atoms with Crippen LogP contribution in [0.15, 0.2) is 34.4 Å². The fourth-order valence-electron chi connectivity index (χ4n) is 5.89. The first-order valence-electron chi connectivity index (χ1n) is 17.7. The minimum Gasteiger partial charge on any atom is -0.862 e. The summed E-state index contributed by atoms with van der Waals surface area (Å²) in [6, 6.07) is 5.12. The van der Waals surface area contributed by atoms with Crippen LogP contribution in [0.5, 0.6) is 0 Å². The molecule has 306 valence electrons. The number of nitrogens with zero attached hydrogens (tertiary/aromatic N) is 5. The third-order valence-corrected chi connectivity index (χ3v) is 13.7. The first-order valence-corrected chi connectivity index (χ1v) is 22.7. The van der Waals surface area contributed by atoms with Gasteiger partial charge in [0, 0.05) is 51.8 Å². The molecule has 0 radical (unpaired) electrons. The molecule has 25 heteroatoms. The number of hydrogen-bond donors (Lipinski definition) is 5. The van der Waals surface area contributed by atoms with Gasteiger partial charge < -0.3 is 36.2 Å². The number of azide groups is 1. The van der Waals surface area contributed by atoms with Gasteiger partial charge in [-0.15, -0.1) is 5.06 Å². The van der Waals surface area contributed by atoms with Crippen molar-refractivity contribution >= 4 is 90.7 Å². The predicted octanol–water partition coefficient (Wildman–Crippen LogP) is -1.25. The van der Waals surface area contributed by atoms with E-state index in [2.05, 4.69) is 41.1 Å². The maximum Gasteiger partial charge on any atom is 1.00 e. The second kappa shape index (κ2) is 24.0. The van der Waals surface area contributed by atoms with Gasteiger partial charge in [-0.05, 0) is 62.1 Å². The number of hydroxylamine groups is 2. The molecule has 5 N–H and O–H groups in total. The van der Waals surface area contributed by atoms with Gasteiger partial charge in [-0.2, -0.15) is 20.2 Å². The average molecular weight is 880 g/mol. The van der Waals surface area contributed by atoms with Gasteiger partial charge in [-0.25, -0.2) is 9.59 Å². The van der Waals surface area contributed by atoms with Crippen molar-refractivity contribution in [2.45, 2.75) is 86.4 Å². The number of imide groups is 1. The van der Waals surface area contributed by atoms with Gasteiger partial charge in [0.05, 0.1) is 24.9 Å². The van der Waals surface area contributed by atoms with E-state index in [9.17, 15) is 42.3 Å². The zero-order valence-corrected chi connectivity index (χ0v) is 36.3. The number of benzene rings is 1. The summed E-state index contributed by atoms with van der Waals surface area (Å²) >= 11 is 1.83. The van der Waals surface area contributed by atoms with Gasteiger partial charge in [0.1, 0.15) is 6.04 Å². The Labute approximate surface area is 363 Å². The number of carbonyl (C=O) groups excluding carboxylic acids is 6. The normalized spacial score (nSPS) is 20.8. The van der Waals surface area contributed by atoms with Crippen molar-refractivity contribution in [3.8, 4) is 0 Å². The molecular weight excluding hydrogens is 838 g/mol. The second-order valence-electron chi connectivity index (χ2n) is 12.8. The van der Waals surface area contributed by atoms with Crippen LogP contribution in [0.1, 0.15) is 68.1 Å². The molecule has 3 fully saturated rings.